The number of likely N-dealkylation sites (tertiary alicyclic amines) is 1. The lowest BCUT2D eigenvalue weighted by Gasteiger charge is -2.30. The minimum Gasteiger partial charge on any atom is -0.445 e. The average Bonchev–Trinajstić information content (AvgIpc) is 2.93. The lowest BCUT2D eigenvalue weighted by atomic mass is 10.1. The molecule has 0 radical (unpaired) electrons. The third-order valence-electron chi connectivity index (χ3n) is 4.93. The number of para-hydroxylation sites is 2. The Labute approximate surface area is 156 Å². The van der Waals surface area contributed by atoms with E-state index in [1.54, 1.807) is 6.07 Å². The molecule has 7 heteroatoms. The second-order valence-electron chi connectivity index (χ2n) is 6.75. The third kappa shape index (κ3) is 2.97. The van der Waals surface area contributed by atoms with Gasteiger partial charge >= 0.3 is 6.09 Å². The predicted molar refractivity (Wildman–Crippen MR) is 103 cm³/mol. The highest BCUT2D eigenvalue weighted by Crippen LogP contribution is 2.41. The molecule has 3 heterocycles. The maximum Gasteiger partial charge on any atom is 0.419 e. The molecular formula is C19H21N3O3S. The molecule has 2 amide bonds. The Morgan fingerprint density at radius 2 is 1.96 bits per heavy atom. The molecule has 2 aliphatic heterocycles. The van der Waals surface area contributed by atoms with Crippen LogP contribution in [0.15, 0.2) is 29.6 Å². The van der Waals surface area contributed by atoms with Crippen LogP contribution < -0.4 is 10.2 Å². The maximum absolute atomic E-state index is 13.1. The summed E-state index contributed by atoms with van der Waals surface area (Å²) in [5.74, 6) is -0.194. The quantitative estimate of drug-likeness (QED) is 0.823. The van der Waals surface area contributed by atoms with Gasteiger partial charge in [-0.15, -0.1) is 11.3 Å². The summed E-state index contributed by atoms with van der Waals surface area (Å²) in [5.41, 5.74) is 2.37. The van der Waals surface area contributed by atoms with E-state index >= 15 is 0 Å². The molecule has 1 saturated heterocycles. The van der Waals surface area contributed by atoms with Gasteiger partial charge in [-0.3, -0.25) is 4.79 Å². The van der Waals surface area contributed by atoms with E-state index in [9.17, 15) is 9.59 Å². The molecule has 0 atom stereocenters. The van der Waals surface area contributed by atoms with Crippen molar-refractivity contribution in [1.29, 1.82) is 0 Å². The van der Waals surface area contributed by atoms with Gasteiger partial charge in [0.05, 0.1) is 22.6 Å². The lowest BCUT2D eigenvalue weighted by molar-refractivity contribution is 0.0632. The molecule has 136 valence electrons. The number of benzene rings is 1. The summed E-state index contributed by atoms with van der Waals surface area (Å²) in [5, 5.41) is 4.76. The summed E-state index contributed by atoms with van der Waals surface area (Å²) in [6.45, 7) is 3.72. The molecule has 1 fully saturated rings. The fourth-order valence-corrected chi connectivity index (χ4v) is 4.29. The molecule has 4 rings (SSSR count). The Balaban J connectivity index is 1.71. The van der Waals surface area contributed by atoms with Crippen LogP contribution in [0.4, 0.5) is 21.9 Å². The summed E-state index contributed by atoms with van der Waals surface area (Å²) in [7, 11) is 2.07. The van der Waals surface area contributed by atoms with Gasteiger partial charge in [-0.2, -0.15) is 0 Å². The van der Waals surface area contributed by atoms with Crippen LogP contribution in [-0.4, -0.2) is 43.1 Å². The number of rotatable bonds is 1. The molecule has 1 aromatic carbocycles. The van der Waals surface area contributed by atoms with Gasteiger partial charge < -0.3 is 15.0 Å². The topological polar surface area (TPSA) is 61.9 Å². The Kier molecular flexibility index (Phi) is 4.42. The Bertz CT molecular complexity index is 855. The van der Waals surface area contributed by atoms with E-state index in [0.29, 0.717) is 22.6 Å². The van der Waals surface area contributed by atoms with Crippen LogP contribution in [0.5, 0.6) is 0 Å². The van der Waals surface area contributed by atoms with E-state index in [-0.39, 0.29) is 12.0 Å². The zero-order valence-electron chi connectivity index (χ0n) is 14.8. The number of thiophene rings is 1. The molecular weight excluding hydrogens is 350 g/mol. The first-order chi connectivity index (χ1) is 12.5. The Morgan fingerprint density at radius 3 is 2.73 bits per heavy atom. The molecule has 1 aromatic heterocycles. The number of anilines is 3. The molecule has 6 nitrogen and oxygen atoms in total. The first kappa shape index (κ1) is 17.1. The first-order valence-electron chi connectivity index (χ1n) is 8.72. The van der Waals surface area contributed by atoms with Crippen molar-refractivity contribution >= 4 is 40.4 Å². The number of ether oxygens (including phenoxy) is 1. The van der Waals surface area contributed by atoms with E-state index in [1.807, 2.05) is 30.5 Å². The number of aryl methyl sites for hydroxylation is 1. The van der Waals surface area contributed by atoms with E-state index in [0.717, 1.165) is 30.8 Å². The molecule has 2 aromatic rings. The van der Waals surface area contributed by atoms with Crippen LogP contribution in [0.3, 0.4) is 0 Å². The molecule has 0 spiro atoms. The fraction of sp³-hybridized carbons (Fsp3) is 0.368. The highest BCUT2D eigenvalue weighted by molar-refractivity contribution is 7.10. The number of nitrogens with zero attached hydrogens (tertiary/aromatic N) is 2. The number of carbonyl (C=O) groups excluding carboxylic acids is 2. The lowest BCUT2D eigenvalue weighted by Crippen LogP contribution is -2.38. The second-order valence-corrected chi connectivity index (χ2v) is 7.83. The van der Waals surface area contributed by atoms with Crippen LogP contribution in [0, 0.1) is 6.92 Å². The largest absolute Gasteiger partial charge is 0.445 e. The van der Waals surface area contributed by atoms with Gasteiger partial charge in [-0.1, -0.05) is 12.1 Å². The van der Waals surface area contributed by atoms with E-state index < -0.39 is 6.09 Å². The smallest absolute Gasteiger partial charge is 0.419 e. The molecule has 1 N–H and O–H groups in total. The summed E-state index contributed by atoms with van der Waals surface area (Å²) in [6.07, 6.45) is 1.12. The molecule has 0 bridgehead atoms. The highest BCUT2D eigenvalue weighted by atomic mass is 32.1. The van der Waals surface area contributed by atoms with Gasteiger partial charge in [-0.25, -0.2) is 9.69 Å². The monoisotopic (exact) mass is 371 g/mol. The van der Waals surface area contributed by atoms with Gasteiger partial charge in [0.15, 0.2) is 0 Å². The van der Waals surface area contributed by atoms with E-state index in [1.165, 1.54) is 16.2 Å². The van der Waals surface area contributed by atoms with Crippen LogP contribution in [-0.2, 0) is 4.74 Å². The zero-order chi connectivity index (χ0) is 18.3. The molecule has 26 heavy (non-hydrogen) atoms. The minimum atomic E-state index is -0.428. The molecule has 0 aliphatic carbocycles. The van der Waals surface area contributed by atoms with Crippen LogP contribution in [0.25, 0.3) is 0 Å². The van der Waals surface area contributed by atoms with Crippen molar-refractivity contribution < 1.29 is 14.3 Å². The van der Waals surface area contributed by atoms with Gasteiger partial charge in [0.2, 0.25) is 0 Å². The first-order valence-corrected chi connectivity index (χ1v) is 9.60. The summed E-state index contributed by atoms with van der Waals surface area (Å²) >= 11 is 1.46. The normalized spacial score (nSPS) is 17.9. The Hall–Kier alpha value is -2.38. The van der Waals surface area contributed by atoms with Gasteiger partial charge in [0.1, 0.15) is 6.10 Å². The van der Waals surface area contributed by atoms with Crippen molar-refractivity contribution in [3.8, 4) is 0 Å². The molecule has 0 unspecified atom stereocenters. The van der Waals surface area contributed by atoms with Crippen molar-refractivity contribution in [2.24, 2.45) is 0 Å². The number of amides is 2. The van der Waals surface area contributed by atoms with Crippen molar-refractivity contribution in [3.63, 3.8) is 0 Å². The molecule has 0 saturated carbocycles. The van der Waals surface area contributed by atoms with Crippen LogP contribution >= 0.6 is 11.3 Å². The van der Waals surface area contributed by atoms with Crippen LogP contribution in [0.1, 0.15) is 28.1 Å². The van der Waals surface area contributed by atoms with Crippen LogP contribution in [0.2, 0.25) is 0 Å². The average molecular weight is 371 g/mol. The van der Waals surface area contributed by atoms with Crippen molar-refractivity contribution in [1.82, 2.24) is 4.90 Å². The number of piperidine rings is 1. The van der Waals surface area contributed by atoms with Crippen molar-refractivity contribution in [2.75, 3.05) is 30.4 Å². The van der Waals surface area contributed by atoms with Gasteiger partial charge in [0, 0.05) is 23.3 Å². The molecule has 2 aliphatic rings. The van der Waals surface area contributed by atoms with Crippen molar-refractivity contribution in [2.45, 2.75) is 25.9 Å². The zero-order valence-corrected chi connectivity index (χ0v) is 15.6. The standard InChI is InChI=1S/C19H21N3O3S/c1-12-17-16(11-26-12)22(15-6-4-3-5-14(15)20-18(17)23)19(24)25-13-7-9-21(2)10-8-13/h3-6,11,13H,7-10H2,1-2H3,(H,20,23). The van der Waals surface area contributed by atoms with E-state index in [4.69, 9.17) is 4.74 Å². The fourth-order valence-electron chi connectivity index (χ4n) is 3.47. The minimum absolute atomic E-state index is 0.0963. The van der Waals surface area contributed by atoms with Crippen molar-refractivity contribution in [3.05, 3.63) is 40.1 Å². The summed E-state index contributed by atoms with van der Waals surface area (Å²) in [4.78, 5) is 30.4. The summed E-state index contributed by atoms with van der Waals surface area (Å²) in [6, 6.07) is 7.32. The number of hydrogen-bond donors (Lipinski definition) is 1. The van der Waals surface area contributed by atoms with Gasteiger partial charge in [-0.05, 0) is 38.9 Å². The summed E-state index contributed by atoms with van der Waals surface area (Å²) < 4.78 is 5.82. The van der Waals surface area contributed by atoms with Gasteiger partial charge in [0.25, 0.3) is 5.91 Å². The number of hydrogen-bond acceptors (Lipinski definition) is 5. The predicted octanol–water partition coefficient (Wildman–Crippen LogP) is 3.99. The number of carbonyl (C=O) groups is 2. The SMILES string of the molecule is Cc1scc2c1C(=O)Nc1ccccc1N2C(=O)OC1CCN(C)CC1. The van der Waals surface area contributed by atoms with E-state index in [2.05, 4.69) is 17.3 Å². The number of nitrogens with one attached hydrogen (secondary N) is 1. The maximum atomic E-state index is 13.1. The highest BCUT2D eigenvalue weighted by Gasteiger charge is 2.34. The number of fused-ring (bicyclic) bond motifs is 2. The Morgan fingerprint density at radius 1 is 1.23 bits per heavy atom. The second kappa shape index (κ2) is 6.74. The third-order valence-corrected chi connectivity index (χ3v) is 5.83.